The van der Waals surface area contributed by atoms with Gasteiger partial charge in [0.1, 0.15) is 18.4 Å². The molecule has 0 amide bonds. The van der Waals surface area contributed by atoms with Gasteiger partial charge in [0.2, 0.25) is 0 Å². The Balaban J connectivity index is 2.67. The lowest BCUT2D eigenvalue weighted by atomic mass is 10.0. The molecular formula is C17H27NO3. The molecule has 4 nitrogen and oxygen atoms in total. The van der Waals surface area contributed by atoms with E-state index in [0.717, 1.165) is 5.75 Å². The van der Waals surface area contributed by atoms with E-state index in [9.17, 15) is 4.79 Å². The lowest BCUT2D eigenvalue weighted by Gasteiger charge is -2.20. The second kappa shape index (κ2) is 8.67. The third-order valence-corrected chi connectivity index (χ3v) is 3.05. The van der Waals surface area contributed by atoms with Crippen LogP contribution in [0.1, 0.15) is 46.1 Å². The maximum Gasteiger partial charge on any atom is 0.326 e. The van der Waals surface area contributed by atoms with Crippen molar-refractivity contribution in [3.8, 4) is 5.75 Å². The molecule has 0 saturated heterocycles. The molecule has 1 aromatic carbocycles. The fourth-order valence-corrected chi connectivity index (χ4v) is 1.97. The molecular weight excluding hydrogens is 266 g/mol. The Morgan fingerprint density at radius 2 is 1.95 bits per heavy atom. The van der Waals surface area contributed by atoms with Crippen molar-refractivity contribution < 1.29 is 14.3 Å². The summed E-state index contributed by atoms with van der Waals surface area (Å²) in [5.41, 5.74) is 1.22. The van der Waals surface area contributed by atoms with Crippen molar-refractivity contribution >= 4 is 5.97 Å². The van der Waals surface area contributed by atoms with Crippen LogP contribution < -0.4 is 10.1 Å². The van der Waals surface area contributed by atoms with Crippen LogP contribution in [-0.2, 0) is 9.53 Å². The van der Waals surface area contributed by atoms with E-state index in [1.54, 1.807) is 6.92 Å². The summed E-state index contributed by atoms with van der Waals surface area (Å²) in [6.45, 7) is 10.7. The molecule has 0 spiro atoms. The van der Waals surface area contributed by atoms with Crippen LogP contribution in [0.5, 0.6) is 5.75 Å². The smallest absolute Gasteiger partial charge is 0.326 e. The van der Waals surface area contributed by atoms with Crippen LogP contribution in [0.15, 0.2) is 24.3 Å². The number of hydrogen-bond acceptors (Lipinski definition) is 4. The molecule has 0 aliphatic heterocycles. The highest BCUT2D eigenvalue weighted by atomic mass is 16.5. The normalized spacial score (nSPS) is 12.5. The summed E-state index contributed by atoms with van der Waals surface area (Å²) in [5, 5.41) is 3.17. The Hall–Kier alpha value is -1.55. The molecule has 1 aromatic rings. The van der Waals surface area contributed by atoms with Gasteiger partial charge >= 0.3 is 5.97 Å². The first-order valence-electron chi connectivity index (χ1n) is 7.59. The van der Waals surface area contributed by atoms with Gasteiger partial charge in [-0.25, -0.2) is 0 Å². The molecule has 1 N–H and O–H groups in total. The first-order chi connectivity index (χ1) is 9.93. The highest BCUT2D eigenvalue weighted by Gasteiger charge is 2.21. The number of hydrogen-bond donors (Lipinski definition) is 1. The van der Waals surface area contributed by atoms with Crippen molar-refractivity contribution in [2.24, 2.45) is 0 Å². The maximum absolute atomic E-state index is 11.9. The summed E-state index contributed by atoms with van der Waals surface area (Å²) >= 11 is 0. The largest absolute Gasteiger partial charge is 0.491 e. The Labute approximate surface area is 127 Å². The minimum atomic E-state index is -0.451. The van der Waals surface area contributed by atoms with Gasteiger partial charge in [0.05, 0.1) is 6.61 Å². The monoisotopic (exact) mass is 293 g/mol. The quantitative estimate of drug-likeness (QED) is 0.748. The molecule has 0 aromatic heterocycles. The van der Waals surface area contributed by atoms with E-state index >= 15 is 0 Å². The zero-order valence-electron chi connectivity index (χ0n) is 13.7. The van der Waals surface area contributed by atoms with E-state index in [4.69, 9.17) is 9.47 Å². The number of rotatable bonds is 8. The van der Waals surface area contributed by atoms with Crippen molar-refractivity contribution in [2.75, 3.05) is 13.2 Å². The molecule has 21 heavy (non-hydrogen) atoms. The van der Waals surface area contributed by atoms with Crippen molar-refractivity contribution in [1.29, 1.82) is 0 Å². The summed E-state index contributed by atoms with van der Waals surface area (Å²) in [7, 11) is 0. The summed E-state index contributed by atoms with van der Waals surface area (Å²) in [4.78, 5) is 11.9. The number of ether oxygens (including phenoxy) is 2. The number of nitrogens with one attached hydrogen (secondary N) is 1. The van der Waals surface area contributed by atoms with Gasteiger partial charge in [0.15, 0.2) is 0 Å². The zero-order chi connectivity index (χ0) is 15.8. The minimum absolute atomic E-state index is 0.185. The molecule has 0 fully saturated rings. The zero-order valence-corrected chi connectivity index (χ0v) is 13.7. The van der Waals surface area contributed by atoms with Crippen LogP contribution in [0.4, 0.5) is 0 Å². The summed E-state index contributed by atoms with van der Waals surface area (Å²) < 4.78 is 10.8. The third-order valence-electron chi connectivity index (χ3n) is 3.05. The lowest BCUT2D eigenvalue weighted by Crippen LogP contribution is -2.45. The average molecular weight is 293 g/mol. The average Bonchev–Trinajstić information content (AvgIpc) is 2.43. The molecule has 0 saturated carbocycles. The molecule has 4 heteroatoms. The van der Waals surface area contributed by atoms with Crippen molar-refractivity contribution in [3.63, 3.8) is 0 Å². The molecule has 0 heterocycles. The van der Waals surface area contributed by atoms with Crippen LogP contribution in [-0.4, -0.2) is 31.3 Å². The van der Waals surface area contributed by atoms with E-state index in [2.05, 4.69) is 25.2 Å². The Bertz CT molecular complexity index is 443. The predicted molar refractivity (Wildman–Crippen MR) is 84.7 cm³/mol. The highest BCUT2D eigenvalue weighted by Crippen LogP contribution is 2.20. The molecule has 1 unspecified atom stereocenters. The number of esters is 1. The number of carbonyl (C=O) groups is 1. The third kappa shape index (κ3) is 6.17. The van der Waals surface area contributed by atoms with Crippen LogP contribution in [0.2, 0.25) is 0 Å². The molecule has 1 rings (SSSR count). The lowest BCUT2D eigenvalue weighted by molar-refractivity contribution is -0.146. The molecule has 118 valence electrons. The highest BCUT2D eigenvalue weighted by molar-refractivity contribution is 5.76. The first-order valence-corrected chi connectivity index (χ1v) is 7.59. The van der Waals surface area contributed by atoms with E-state index in [0.29, 0.717) is 12.5 Å². The first kappa shape index (κ1) is 17.5. The van der Waals surface area contributed by atoms with Gasteiger partial charge in [-0.3, -0.25) is 10.1 Å². The van der Waals surface area contributed by atoms with Crippen LogP contribution in [0.25, 0.3) is 0 Å². The Morgan fingerprint density at radius 1 is 1.24 bits per heavy atom. The van der Waals surface area contributed by atoms with Gasteiger partial charge in [-0.05, 0) is 30.5 Å². The van der Waals surface area contributed by atoms with Gasteiger partial charge in [0.25, 0.3) is 0 Å². The second-order valence-corrected chi connectivity index (χ2v) is 5.66. The summed E-state index contributed by atoms with van der Waals surface area (Å²) in [5.74, 6) is 0.954. The van der Waals surface area contributed by atoms with E-state index in [1.807, 2.05) is 32.0 Å². The summed E-state index contributed by atoms with van der Waals surface area (Å²) in [6, 6.07) is 7.70. The van der Waals surface area contributed by atoms with Crippen LogP contribution >= 0.6 is 0 Å². The van der Waals surface area contributed by atoms with Crippen LogP contribution in [0.3, 0.4) is 0 Å². The standard InChI is InChI=1S/C17H27NO3/c1-6-20-17(19)16(18-13(4)5)11-21-15-9-7-8-14(10-15)12(2)3/h7-10,12-13,16,18H,6,11H2,1-5H3. The molecule has 0 aliphatic carbocycles. The second-order valence-electron chi connectivity index (χ2n) is 5.66. The van der Waals surface area contributed by atoms with E-state index in [1.165, 1.54) is 5.56 Å². The molecule has 1 atom stereocenters. The minimum Gasteiger partial charge on any atom is -0.491 e. The van der Waals surface area contributed by atoms with E-state index in [-0.39, 0.29) is 18.6 Å². The number of carbonyl (C=O) groups excluding carboxylic acids is 1. The van der Waals surface area contributed by atoms with Crippen LogP contribution in [0, 0.1) is 0 Å². The predicted octanol–water partition coefficient (Wildman–Crippen LogP) is 3.12. The van der Waals surface area contributed by atoms with Gasteiger partial charge in [-0.15, -0.1) is 0 Å². The van der Waals surface area contributed by atoms with Gasteiger partial charge in [-0.2, -0.15) is 0 Å². The summed E-state index contributed by atoms with van der Waals surface area (Å²) in [6.07, 6.45) is 0. The maximum atomic E-state index is 11.9. The molecule has 0 aliphatic rings. The SMILES string of the molecule is CCOC(=O)C(COc1cccc(C(C)C)c1)NC(C)C. The Morgan fingerprint density at radius 3 is 2.52 bits per heavy atom. The van der Waals surface area contributed by atoms with Crippen molar-refractivity contribution in [1.82, 2.24) is 5.32 Å². The van der Waals surface area contributed by atoms with Crippen molar-refractivity contribution in [3.05, 3.63) is 29.8 Å². The van der Waals surface area contributed by atoms with Crippen molar-refractivity contribution in [2.45, 2.75) is 52.6 Å². The molecule has 0 bridgehead atoms. The Kier molecular flexibility index (Phi) is 7.23. The van der Waals surface area contributed by atoms with Gasteiger partial charge in [-0.1, -0.05) is 39.8 Å². The fourth-order valence-electron chi connectivity index (χ4n) is 1.97. The van der Waals surface area contributed by atoms with E-state index < -0.39 is 6.04 Å². The fraction of sp³-hybridized carbons (Fsp3) is 0.588. The van der Waals surface area contributed by atoms with Gasteiger partial charge < -0.3 is 9.47 Å². The topological polar surface area (TPSA) is 47.6 Å². The number of benzene rings is 1. The van der Waals surface area contributed by atoms with Gasteiger partial charge in [0, 0.05) is 6.04 Å². The molecule has 0 radical (unpaired) electrons.